The number of ether oxygens (including phenoxy) is 1. The summed E-state index contributed by atoms with van der Waals surface area (Å²) >= 11 is 0. The summed E-state index contributed by atoms with van der Waals surface area (Å²) in [5.74, 6) is 0. The molecule has 0 aliphatic heterocycles. The van der Waals surface area contributed by atoms with Crippen LogP contribution in [0.3, 0.4) is 0 Å². The van der Waals surface area contributed by atoms with E-state index in [1.807, 2.05) is 73.7 Å². The molecule has 0 heterocycles. The van der Waals surface area contributed by atoms with Crippen molar-refractivity contribution in [1.29, 1.82) is 0 Å². The van der Waals surface area contributed by atoms with E-state index in [9.17, 15) is 5.21 Å². The zero-order valence-electron chi connectivity index (χ0n) is 17.7. The Bertz CT molecular complexity index is 827. The molecule has 0 saturated heterocycles. The van der Waals surface area contributed by atoms with Crippen LogP contribution in [0, 0.1) is 0 Å². The van der Waals surface area contributed by atoms with Crippen molar-refractivity contribution in [1.82, 2.24) is 10.4 Å². The quantitative estimate of drug-likeness (QED) is 0.321. The summed E-state index contributed by atoms with van der Waals surface area (Å²) in [6.45, 7) is 4.66. The highest BCUT2D eigenvalue weighted by Crippen LogP contribution is 2.21. The van der Waals surface area contributed by atoms with Crippen LogP contribution >= 0.6 is 0 Å². The standard InChI is InChI=1S/C26H32N2O2/c1-22(25-15-9-4-10-16-25)28(29)26(20-27-19-23-11-5-2-6-12-23)17-18-30-21-24-13-7-3-8-14-24/h2-16,22,26-27,29H,17-21H2,1H3/t22-,26+/m1/s1. The lowest BCUT2D eigenvalue weighted by atomic mass is 10.1. The molecule has 0 aliphatic carbocycles. The summed E-state index contributed by atoms with van der Waals surface area (Å²) in [5, 5.41) is 15.9. The zero-order chi connectivity index (χ0) is 21.0. The van der Waals surface area contributed by atoms with Crippen LogP contribution < -0.4 is 5.32 Å². The highest BCUT2D eigenvalue weighted by molar-refractivity contribution is 5.18. The summed E-state index contributed by atoms with van der Waals surface area (Å²) in [5.41, 5.74) is 3.49. The van der Waals surface area contributed by atoms with Gasteiger partial charge >= 0.3 is 0 Å². The van der Waals surface area contributed by atoms with Gasteiger partial charge in [-0.05, 0) is 30.0 Å². The highest BCUT2D eigenvalue weighted by Gasteiger charge is 2.23. The van der Waals surface area contributed by atoms with Gasteiger partial charge in [-0.25, -0.2) is 0 Å². The molecule has 0 aromatic heterocycles. The third-order valence-electron chi connectivity index (χ3n) is 5.31. The van der Waals surface area contributed by atoms with Gasteiger partial charge in [0.25, 0.3) is 0 Å². The third-order valence-corrected chi connectivity index (χ3v) is 5.31. The Morgan fingerprint density at radius 2 is 1.40 bits per heavy atom. The lowest BCUT2D eigenvalue weighted by molar-refractivity contribution is -0.161. The lowest BCUT2D eigenvalue weighted by Crippen LogP contribution is -2.42. The van der Waals surface area contributed by atoms with Crippen molar-refractivity contribution in [3.63, 3.8) is 0 Å². The van der Waals surface area contributed by atoms with Gasteiger partial charge in [0.1, 0.15) is 0 Å². The Balaban J connectivity index is 1.55. The minimum atomic E-state index is -0.0937. The van der Waals surface area contributed by atoms with Crippen LogP contribution in [-0.4, -0.2) is 29.5 Å². The molecule has 158 valence electrons. The molecule has 0 amide bonds. The molecule has 0 spiro atoms. The number of hydrogen-bond acceptors (Lipinski definition) is 4. The molecule has 0 radical (unpaired) electrons. The number of nitrogens with zero attached hydrogens (tertiary/aromatic N) is 1. The first kappa shape index (κ1) is 22.2. The predicted octanol–water partition coefficient (Wildman–Crippen LogP) is 5.20. The second kappa shape index (κ2) is 12.3. The monoisotopic (exact) mass is 404 g/mol. The molecule has 3 aromatic rings. The van der Waals surface area contributed by atoms with Gasteiger partial charge in [-0.1, -0.05) is 91.0 Å². The maximum absolute atomic E-state index is 11.0. The van der Waals surface area contributed by atoms with Gasteiger partial charge in [0.05, 0.1) is 18.7 Å². The summed E-state index contributed by atoms with van der Waals surface area (Å²) in [6, 6.07) is 30.4. The van der Waals surface area contributed by atoms with E-state index in [-0.39, 0.29) is 12.1 Å². The molecule has 3 rings (SSSR count). The number of hydroxylamine groups is 2. The van der Waals surface area contributed by atoms with Crippen LogP contribution in [0.15, 0.2) is 91.0 Å². The highest BCUT2D eigenvalue weighted by atomic mass is 16.5. The number of hydrogen-bond donors (Lipinski definition) is 2. The summed E-state index contributed by atoms with van der Waals surface area (Å²) in [4.78, 5) is 0. The number of benzene rings is 3. The van der Waals surface area contributed by atoms with Gasteiger partial charge in [0.15, 0.2) is 0 Å². The molecule has 0 saturated carbocycles. The van der Waals surface area contributed by atoms with E-state index in [0.717, 1.165) is 24.1 Å². The average molecular weight is 405 g/mol. The van der Waals surface area contributed by atoms with Crippen molar-refractivity contribution in [3.05, 3.63) is 108 Å². The van der Waals surface area contributed by atoms with Crippen LogP contribution in [0.2, 0.25) is 0 Å². The van der Waals surface area contributed by atoms with E-state index >= 15 is 0 Å². The topological polar surface area (TPSA) is 44.7 Å². The Hall–Kier alpha value is -2.50. The van der Waals surface area contributed by atoms with Crippen molar-refractivity contribution in [2.45, 2.75) is 38.6 Å². The maximum Gasteiger partial charge on any atom is 0.0716 e. The minimum absolute atomic E-state index is 0.0558. The van der Waals surface area contributed by atoms with Gasteiger partial charge in [-0.2, -0.15) is 5.06 Å². The van der Waals surface area contributed by atoms with Gasteiger partial charge in [-0.3, -0.25) is 0 Å². The molecule has 0 aliphatic rings. The number of nitrogens with one attached hydrogen (secondary N) is 1. The van der Waals surface area contributed by atoms with Crippen molar-refractivity contribution in [2.24, 2.45) is 0 Å². The fourth-order valence-corrected chi connectivity index (χ4v) is 3.49. The van der Waals surface area contributed by atoms with Gasteiger partial charge in [0.2, 0.25) is 0 Å². The van der Waals surface area contributed by atoms with E-state index in [1.54, 1.807) is 0 Å². The first-order valence-corrected chi connectivity index (χ1v) is 10.6. The molecule has 0 bridgehead atoms. The lowest BCUT2D eigenvalue weighted by Gasteiger charge is -2.31. The van der Waals surface area contributed by atoms with E-state index in [0.29, 0.717) is 19.8 Å². The van der Waals surface area contributed by atoms with Crippen LogP contribution in [0.4, 0.5) is 0 Å². The summed E-state index contributed by atoms with van der Waals surface area (Å²) in [6.07, 6.45) is 0.738. The van der Waals surface area contributed by atoms with E-state index in [2.05, 4.69) is 29.6 Å². The molecule has 0 unspecified atom stereocenters. The van der Waals surface area contributed by atoms with Crippen LogP contribution in [0.5, 0.6) is 0 Å². The van der Waals surface area contributed by atoms with Crippen molar-refractivity contribution >= 4 is 0 Å². The van der Waals surface area contributed by atoms with E-state index in [1.165, 1.54) is 10.6 Å². The number of rotatable bonds is 12. The van der Waals surface area contributed by atoms with Crippen LogP contribution in [0.1, 0.15) is 36.1 Å². The molecule has 4 heteroatoms. The zero-order valence-corrected chi connectivity index (χ0v) is 17.7. The first-order valence-electron chi connectivity index (χ1n) is 10.6. The summed E-state index contributed by atoms with van der Waals surface area (Å²) in [7, 11) is 0. The summed E-state index contributed by atoms with van der Waals surface area (Å²) < 4.78 is 5.88. The maximum atomic E-state index is 11.0. The van der Waals surface area contributed by atoms with Crippen molar-refractivity contribution < 1.29 is 9.94 Å². The predicted molar refractivity (Wildman–Crippen MR) is 121 cm³/mol. The normalized spacial score (nSPS) is 13.3. The smallest absolute Gasteiger partial charge is 0.0716 e. The second-order valence-electron chi connectivity index (χ2n) is 7.56. The van der Waals surface area contributed by atoms with Crippen molar-refractivity contribution in [2.75, 3.05) is 13.2 Å². The van der Waals surface area contributed by atoms with E-state index in [4.69, 9.17) is 4.74 Å². The largest absolute Gasteiger partial charge is 0.377 e. The second-order valence-corrected chi connectivity index (χ2v) is 7.56. The Kier molecular flexibility index (Phi) is 9.06. The molecular weight excluding hydrogens is 372 g/mol. The first-order chi connectivity index (χ1) is 14.7. The van der Waals surface area contributed by atoms with Crippen molar-refractivity contribution in [3.8, 4) is 0 Å². The Morgan fingerprint density at radius 1 is 0.833 bits per heavy atom. The van der Waals surface area contributed by atoms with Crippen LogP contribution in [-0.2, 0) is 17.9 Å². The fourth-order valence-electron chi connectivity index (χ4n) is 3.49. The third kappa shape index (κ3) is 7.08. The fraction of sp³-hybridized carbons (Fsp3) is 0.308. The molecule has 4 nitrogen and oxygen atoms in total. The van der Waals surface area contributed by atoms with E-state index < -0.39 is 0 Å². The molecule has 2 N–H and O–H groups in total. The Labute approximate surface area is 180 Å². The molecule has 0 fully saturated rings. The minimum Gasteiger partial charge on any atom is -0.377 e. The molecule has 3 aromatic carbocycles. The van der Waals surface area contributed by atoms with Gasteiger partial charge < -0.3 is 15.3 Å². The molecular formula is C26H32N2O2. The Morgan fingerprint density at radius 3 is 2.03 bits per heavy atom. The van der Waals surface area contributed by atoms with Gasteiger partial charge in [-0.15, -0.1) is 0 Å². The molecule has 2 atom stereocenters. The van der Waals surface area contributed by atoms with Crippen LogP contribution in [0.25, 0.3) is 0 Å². The molecule has 30 heavy (non-hydrogen) atoms. The average Bonchev–Trinajstić information content (AvgIpc) is 2.81. The van der Waals surface area contributed by atoms with Gasteiger partial charge in [0, 0.05) is 19.7 Å². The SMILES string of the molecule is C[C@H](c1ccccc1)N(O)[C@@H](CCOCc1ccccc1)CNCc1ccccc1.